The third kappa shape index (κ3) is 2.81. The molecule has 1 aliphatic rings. The zero-order chi connectivity index (χ0) is 14.0. The Morgan fingerprint density at radius 3 is 2.89 bits per heavy atom. The third-order valence-corrected chi connectivity index (χ3v) is 3.44. The molecule has 2 rings (SSSR count). The normalized spacial score (nSPS) is 22.9. The first kappa shape index (κ1) is 13.3. The molecule has 1 aromatic heterocycles. The quantitative estimate of drug-likeness (QED) is 0.863. The van der Waals surface area contributed by atoms with Gasteiger partial charge in [0.05, 0.1) is 5.92 Å². The number of hydrogen-bond acceptors (Lipinski definition) is 5. The minimum atomic E-state index is -0.741. The predicted molar refractivity (Wildman–Crippen MR) is 68.7 cm³/mol. The number of aliphatic carboxylic acids is 1. The van der Waals surface area contributed by atoms with Crippen LogP contribution in [-0.2, 0) is 4.79 Å². The Bertz CT molecular complexity index is 538. The van der Waals surface area contributed by atoms with Crippen LogP contribution in [0.15, 0.2) is 6.07 Å². The highest BCUT2D eigenvalue weighted by molar-refractivity contribution is 5.70. The van der Waals surface area contributed by atoms with Gasteiger partial charge in [-0.2, -0.15) is 5.26 Å². The van der Waals surface area contributed by atoms with Gasteiger partial charge in [-0.25, -0.2) is 9.97 Å². The fourth-order valence-corrected chi connectivity index (χ4v) is 2.43. The first-order valence-electron chi connectivity index (χ1n) is 6.26. The van der Waals surface area contributed by atoms with E-state index >= 15 is 0 Å². The van der Waals surface area contributed by atoms with Crippen molar-refractivity contribution in [3.05, 3.63) is 17.5 Å². The summed E-state index contributed by atoms with van der Waals surface area (Å²) in [5, 5.41) is 18.0. The highest BCUT2D eigenvalue weighted by atomic mass is 16.4. The zero-order valence-electron chi connectivity index (χ0n) is 11.0. The van der Waals surface area contributed by atoms with Gasteiger partial charge in [-0.3, -0.25) is 4.79 Å². The summed E-state index contributed by atoms with van der Waals surface area (Å²) in [7, 11) is 0. The van der Waals surface area contributed by atoms with Gasteiger partial charge in [0.1, 0.15) is 11.8 Å². The number of nitrogens with zero attached hydrogens (tertiary/aromatic N) is 4. The van der Waals surface area contributed by atoms with Crippen LogP contribution in [0.1, 0.15) is 31.2 Å². The van der Waals surface area contributed by atoms with E-state index in [0.717, 1.165) is 5.69 Å². The Morgan fingerprint density at radius 2 is 2.32 bits per heavy atom. The second kappa shape index (κ2) is 5.22. The Balaban J connectivity index is 2.22. The molecule has 0 amide bonds. The summed E-state index contributed by atoms with van der Waals surface area (Å²) in [6, 6.07) is 3.71. The molecule has 100 valence electrons. The SMILES string of the molecule is Cc1cc(C#N)nc(N2CCC(C(=O)O)CC2C)n1. The van der Waals surface area contributed by atoms with Crippen molar-refractivity contribution in [1.82, 2.24) is 9.97 Å². The fraction of sp³-hybridized carbons (Fsp3) is 0.538. The zero-order valence-corrected chi connectivity index (χ0v) is 11.0. The number of carbonyl (C=O) groups is 1. The molecular weight excluding hydrogens is 244 g/mol. The minimum Gasteiger partial charge on any atom is -0.481 e. The van der Waals surface area contributed by atoms with Crippen LogP contribution >= 0.6 is 0 Å². The number of hydrogen-bond donors (Lipinski definition) is 1. The number of nitriles is 1. The molecule has 0 radical (unpaired) electrons. The van der Waals surface area contributed by atoms with Crippen molar-refractivity contribution in [1.29, 1.82) is 5.26 Å². The monoisotopic (exact) mass is 260 g/mol. The van der Waals surface area contributed by atoms with Crippen LogP contribution in [0.25, 0.3) is 0 Å². The van der Waals surface area contributed by atoms with Gasteiger partial charge in [-0.1, -0.05) is 0 Å². The average molecular weight is 260 g/mol. The smallest absolute Gasteiger partial charge is 0.306 e. The number of carboxylic acids is 1. The van der Waals surface area contributed by atoms with Crippen LogP contribution < -0.4 is 4.90 Å². The lowest BCUT2D eigenvalue weighted by Crippen LogP contribution is -2.43. The molecule has 0 spiro atoms. The minimum absolute atomic E-state index is 0.0585. The van der Waals surface area contributed by atoms with Crippen molar-refractivity contribution in [2.24, 2.45) is 5.92 Å². The first-order valence-corrected chi connectivity index (χ1v) is 6.26. The highest BCUT2D eigenvalue weighted by Gasteiger charge is 2.31. The molecule has 1 aromatic rings. The van der Waals surface area contributed by atoms with E-state index in [1.165, 1.54) is 0 Å². The molecule has 1 N–H and O–H groups in total. The van der Waals surface area contributed by atoms with Gasteiger partial charge in [-0.05, 0) is 32.8 Å². The van der Waals surface area contributed by atoms with Crippen molar-refractivity contribution in [2.45, 2.75) is 32.7 Å². The Labute approximate surface area is 111 Å². The molecule has 0 aliphatic carbocycles. The van der Waals surface area contributed by atoms with Gasteiger partial charge in [0.25, 0.3) is 0 Å². The van der Waals surface area contributed by atoms with Gasteiger partial charge in [0.15, 0.2) is 0 Å². The molecule has 0 saturated carbocycles. The third-order valence-electron chi connectivity index (χ3n) is 3.44. The molecule has 2 atom stereocenters. The van der Waals surface area contributed by atoms with Gasteiger partial charge < -0.3 is 10.0 Å². The molecule has 0 aromatic carbocycles. The Kier molecular flexibility index (Phi) is 3.65. The largest absolute Gasteiger partial charge is 0.481 e. The van der Waals surface area contributed by atoms with Gasteiger partial charge in [-0.15, -0.1) is 0 Å². The fourth-order valence-electron chi connectivity index (χ4n) is 2.43. The summed E-state index contributed by atoms with van der Waals surface area (Å²) in [6.07, 6.45) is 1.16. The van der Waals surface area contributed by atoms with E-state index in [0.29, 0.717) is 31.0 Å². The van der Waals surface area contributed by atoms with E-state index in [2.05, 4.69) is 9.97 Å². The summed E-state index contributed by atoms with van der Waals surface area (Å²) in [5.41, 5.74) is 1.09. The number of aryl methyl sites for hydroxylation is 1. The van der Waals surface area contributed by atoms with E-state index in [4.69, 9.17) is 10.4 Å². The van der Waals surface area contributed by atoms with Gasteiger partial charge in [0.2, 0.25) is 5.95 Å². The van der Waals surface area contributed by atoms with Crippen molar-refractivity contribution < 1.29 is 9.90 Å². The molecule has 1 fully saturated rings. The van der Waals surface area contributed by atoms with Crippen LogP contribution in [0.4, 0.5) is 5.95 Å². The number of aromatic nitrogens is 2. The lowest BCUT2D eigenvalue weighted by Gasteiger charge is -2.36. The Morgan fingerprint density at radius 1 is 1.58 bits per heavy atom. The number of piperidine rings is 1. The van der Waals surface area contributed by atoms with Crippen LogP contribution in [0.3, 0.4) is 0 Å². The van der Waals surface area contributed by atoms with Crippen LogP contribution in [-0.4, -0.2) is 33.6 Å². The maximum atomic E-state index is 11.0. The van der Waals surface area contributed by atoms with Crippen LogP contribution in [0, 0.1) is 24.2 Å². The maximum Gasteiger partial charge on any atom is 0.306 e. The summed E-state index contributed by atoms with van der Waals surface area (Å²) in [6.45, 7) is 4.39. The van der Waals surface area contributed by atoms with Crippen molar-refractivity contribution in [2.75, 3.05) is 11.4 Å². The number of anilines is 1. The first-order chi connectivity index (χ1) is 9.01. The van der Waals surface area contributed by atoms with E-state index in [9.17, 15) is 4.79 Å². The number of rotatable bonds is 2. The van der Waals surface area contributed by atoms with Crippen LogP contribution in [0.5, 0.6) is 0 Å². The molecule has 6 nitrogen and oxygen atoms in total. The second-order valence-electron chi connectivity index (χ2n) is 4.91. The average Bonchev–Trinajstić information content (AvgIpc) is 2.37. The molecule has 2 unspecified atom stereocenters. The maximum absolute atomic E-state index is 11.0. The molecule has 19 heavy (non-hydrogen) atoms. The summed E-state index contributed by atoms with van der Waals surface area (Å²) >= 11 is 0. The molecular formula is C13H16N4O2. The van der Waals surface area contributed by atoms with Crippen molar-refractivity contribution in [3.8, 4) is 6.07 Å². The summed E-state index contributed by atoms with van der Waals surface area (Å²) in [4.78, 5) is 21.5. The highest BCUT2D eigenvalue weighted by Crippen LogP contribution is 2.26. The standard InChI is InChI=1S/C13H16N4O2/c1-8-5-11(7-14)16-13(15-8)17-4-3-10(12(18)19)6-9(17)2/h5,9-10H,3-4,6H2,1-2H3,(H,18,19). The summed E-state index contributed by atoms with van der Waals surface area (Å²) in [5.74, 6) is -0.520. The molecule has 0 bridgehead atoms. The topological polar surface area (TPSA) is 90.1 Å². The van der Waals surface area contributed by atoms with E-state index in [1.54, 1.807) is 6.07 Å². The van der Waals surface area contributed by atoms with Gasteiger partial charge >= 0.3 is 5.97 Å². The number of carboxylic acid groups (broad SMARTS) is 1. The van der Waals surface area contributed by atoms with E-state index in [-0.39, 0.29) is 12.0 Å². The molecule has 1 aliphatic heterocycles. The van der Waals surface area contributed by atoms with Crippen molar-refractivity contribution in [3.63, 3.8) is 0 Å². The lowest BCUT2D eigenvalue weighted by molar-refractivity contribution is -0.142. The molecule has 2 heterocycles. The van der Waals surface area contributed by atoms with E-state index in [1.807, 2.05) is 24.8 Å². The Hall–Kier alpha value is -2.16. The predicted octanol–water partition coefficient (Wildman–Crippen LogP) is 1.35. The van der Waals surface area contributed by atoms with E-state index < -0.39 is 5.97 Å². The second-order valence-corrected chi connectivity index (χ2v) is 4.91. The summed E-state index contributed by atoms with van der Waals surface area (Å²) < 4.78 is 0. The van der Waals surface area contributed by atoms with Crippen LogP contribution in [0.2, 0.25) is 0 Å². The van der Waals surface area contributed by atoms with Crippen molar-refractivity contribution >= 4 is 11.9 Å². The lowest BCUT2D eigenvalue weighted by atomic mass is 9.92. The van der Waals surface area contributed by atoms with Gasteiger partial charge in [0, 0.05) is 18.3 Å². The molecule has 6 heteroatoms. The molecule has 1 saturated heterocycles.